The molecule has 0 saturated carbocycles. The summed E-state index contributed by atoms with van der Waals surface area (Å²) in [6.07, 6.45) is 0.488. The van der Waals surface area contributed by atoms with Crippen molar-refractivity contribution in [2.24, 2.45) is 0 Å². The maximum Gasteiger partial charge on any atom is 0.149 e. The first kappa shape index (κ1) is 12.7. The molecule has 0 N–H and O–H groups in total. The van der Waals surface area contributed by atoms with E-state index >= 15 is 0 Å². The van der Waals surface area contributed by atoms with E-state index in [2.05, 4.69) is 25.8 Å². The zero-order chi connectivity index (χ0) is 11.5. The number of hydrogen-bond donors (Lipinski definition) is 0. The molecule has 1 heterocycles. The molecule has 0 spiro atoms. The smallest absolute Gasteiger partial charge is 0.149 e. The third-order valence-corrected chi connectivity index (χ3v) is 3.98. The van der Waals surface area contributed by atoms with Gasteiger partial charge in [-0.1, -0.05) is 20.8 Å². The van der Waals surface area contributed by atoms with Crippen LogP contribution in [0.15, 0.2) is 5.38 Å². The number of hydrogen-bond acceptors (Lipinski definition) is 4. The molecule has 15 heavy (non-hydrogen) atoms. The molecule has 0 amide bonds. The summed E-state index contributed by atoms with van der Waals surface area (Å²) in [5, 5.41) is 2.92. The molecule has 1 aromatic heterocycles. The molecule has 0 aliphatic heterocycles. The first-order chi connectivity index (χ1) is 6.87. The van der Waals surface area contributed by atoms with E-state index in [1.807, 2.05) is 12.3 Å². The molecule has 0 radical (unpaired) electrons. The highest BCUT2D eigenvalue weighted by Gasteiger charge is 2.14. The number of nitrogens with zero attached hydrogens (tertiary/aromatic N) is 1. The average molecular weight is 243 g/mol. The number of aromatic nitrogens is 1. The normalized spacial score (nSPS) is 11.7. The van der Waals surface area contributed by atoms with Crippen molar-refractivity contribution in [2.45, 2.75) is 38.9 Å². The highest BCUT2D eigenvalue weighted by atomic mass is 32.2. The molecular weight excluding hydrogens is 226 g/mol. The standard InChI is InChI=1S/C11H17NOS2/c1-8-6-14-10(12-8)5-9(13)7-15-11(2,3)4/h6H,5,7H2,1-4H3. The fraction of sp³-hybridized carbons (Fsp3) is 0.636. The zero-order valence-corrected chi connectivity index (χ0v) is 11.3. The van der Waals surface area contributed by atoms with Gasteiger partial charge >= 0.3 is 0 Å². The van der Waals surface area contributed by atoms with E-state index in [1.54, 1.807) is 23.1 Å². The second-order valence-electron chi connectivity index (χ2n) is 4.50. The van der Waals surface area contributed by atoms with E-state index in [0.717, 1.165) is 10.7 Å². The molecule has 0 fully saturated rings. The van der Waals surface area contributed by atoms with Crippen molar-refractivity contribution in [3.05, 3.63) is 16.1 Å². The third kappa shape index (κ3) is 5.33. The topological polar surface area (TPSA) is 30.0 Å². The molecule has 0 atom stereocenters. The van der Waals surface area contributed by atoms with Crippen LogP contribution in [0.3, 0.4) is 0 Å². The van der Waals surface area contributed by atoms with Crippen molar-refractivity contribution >= 4 is 28.9 Å². The van der Waals surface area contributed by atoms with Crippen LogP contribution in [0.25, 0.3) is 0 Å². The highest BCUT2D eigenvalue weighted by Crippen LogP contribution is 2.23. The van der Waals surface area contributed by atoms with Crippen LogP contribution in [0.4, 0.5) is 0 Å². The van der Waals surface area contributed by atoms with Crippen molar-refractivity contribution in [2.75, 3.05) is 5.75 Å². The van der Waals surface area contributed by atoms with Crippen LogP contribution < -0.4 is 0 Å². The molecule has 0 bridgehead atoms. The van der Waals surface area contributed by atoms with E-state index in [1.165, 1.54) is 0 Å². The van der Waals surface area contributed by atoms with Crippen molar-refractivity contribution < 1.29 is 4.79 Å². The van der Waals surface area contributed by atoms with Gasteiger partial charge in [-0.25, -0.2) is 4.98 Å². The molecule has 2 nitrogen and oxygen atoms in total. The SMILES string of the molecule is Cc1csc(CC(=O)CSC(C)(C)C)n1. The van der Waals surface area contributed by atoms with Gasteiger partial charge in [-0.05, 0) is 6.92 Å². The van der Waals surface area contributed by atoms with Gasteiger partial charge in [-0.2, -0.15) is 0 Å². The average Bonchev–Trinajstić information content (AvgIpc) is 2.47. The van der Waals surface area contributed by atoms with E-state index in [4.69, 9.17) is 0 Å². The minimum Gasteiger partial charge on any atom is -0.298 e. The minimum absolute atomic E-state index is 0.161. The Morgan fingerprint density at radius 2 is 2.20 bits per heavy atom. The number of thioether (sulfide) groups is 1. The summed E-state index contributed by atoms with van der Waals surface area (Å²) in [5.41, 5.74) is 1.01. The molecular formula is C11H17NOS2. The van der Waals surface area contributed by atoms with Crippen LogP contribution in [-0.2, 0) is 11.2 Å². The van der Waals surface area contributed by atoms with E-state index in [0.29, 0.717) is 12.2 Å². The Hall–Kier alpha value is -0.350. The van der Waals surface area contributed by atoms with Gasteiger partial charge in [0.15, 0.2) is 0 Å². The summed E-state index contributed by atoms with van der Waals surface area (Å²) < 4.78 is 0.161. The van der Waals surface area contributed by atoms with Crippen molar-refractivity contribution in [3.8, 4) is 0 Å². The number of rotatable bonds is 4. The molecule has 4 heteroatoms. The first-order valence-electron chi connectivity index (χ1n) is 4.93. The van der Waals surface area contributed by atoms with Crippen LogP contribution in [0, 0.1) is 6.92 Å². The minimum atomic E-state index is 0.161. The van der Waals surface area contributed by atoms with Gasteiger partial charge in [0.25, 0.3) is 0 Å². The summed E-state index contributed by atoms with van der Waals surface area (Å²) in [5.74, 6) is 0.853. The van der Waals surface area contributed by atoms with Crippen molar-refractivity contribution in [1.29, 1.82) is 0 Å². The van der Waals surface area contributed by atoms with Crippen LogP contribution in [0.2, 0.25) is 0 Å². The van der Waals surface area contributed by atoms with Crippen LogP contribution in [0.5, 0.6) is 0 Å². The molecule has 0 aliphatic rings. The Kier molecular flexibility index (Phi) is 4.34. The Bertz CT molecular complexity index is 339. The van der Waals surface area contributed by atoms with Gasteiger partial charge in [-0.15, -0.1) is 23.1 Å². The Balaban J connectivity index is 2.37. The Morgan fingerprint density at radius 3 is 2.67 bits per heavy atom. The summed E-state index contributed by atoms with van der Waals surface area (Å²) >= 11 is 3.27. The van der Waals surface area contributed by atoms with Gasteiger partial charge in [-0.3, -0.25) is 4.79 Å². The zero-order valence-electron chi connectivity index (χ0n) is 9.66. The fourth-order valence-corrected chi connectivity index (χ4v) is 2.50. The maximum atomic E-state index is 11.6. The number of ketones is 1. The lowest BCUT2D eigenvalue weighted by atomic mass is 10.3. The molecule has 0 saturated heterocycles. The van der Waals surface area contributed by atoms with Crippen molar-refractivity contribution in [3.63, 3.8) is 0 Å². The second kappa shape index (κ2) is 5.12. The summed E-state index contributed by atoms with van der Waals surface area (Å²) in [6.45, 7) is 8.32. The number of carbonyl (C=O) groups is 1. The van der Waals surface area contributed by atoms with E-state index in [9.17, 15) is 4.79 Å². The Morgan fingerprint density at radius 1 is 1.53 bits per heavy atom. The molecule has 0 aromatic carbocycles. The van der Waals surface area contributed by atoms with Crippen LogP contribution in [0.1, 0.15) is 31.5 Å². The maximum absolute atomic E-state index is 11.6. The number of Topliss-reactive ketones (excluding diaryl/α,β-unsaturated/α-hetero) is 1. The lowest BCUT2D eigenvalue weighted by Crippen LogP contribution is -2.14. The molecule has 0 aliphatic carbocycles. The molecule has 84 valence electrons. The number of carbonyl (C=O) groups excluding carboxylic acids is 1. The number of thiazole rings is 1. The molecule has 1 rings (SSSR count). The van der Waals surface area contributed by atoms with Crippen LogP contribution >= 0.6 is 23.1 Å². The first-order valence-corrected chi connectivity index (χ1v) is 6.80. The fourth-order valence-electron chi connectivity index (χ4n) is 1.00. The predicted molar refractivity (Wildman–Crippen MR) is 67.8 cm³/mol. The monoisotopic (exact) mass is 243 g/mol. The number of aryl methyl sites for hydroxylation is 1. The lowest BCUT2D eigenvalue weighted by molar-refractivity contribution is -0.116. The van der Waals surface area contributed by atoms with Crippen LogP contribution in [-0.4, -0.2) is 21.3 Å². The van der Waals surface area contributed by atoms with E-state index < -0.39 is 0 Å². The summed E-state index contributed by atoms with van der Waals surface area (Å²) in [4.78, 5) is 15.9. The van der Waals surface area contributed by atoms with Crippen molar-refractivity contribution in [1.82, 2.24) is 4.98 Å². The lowest BCUT2D eigenvalue weighted by Gasteiger charge is -2.16. The van der Waals surface area contributed by atoms with Gasteiger partial charge in [0, 0.05) is 15.8 Å². The molecule has 0 unspecified atom stereocenters. The largest absolute Gasteiger partial charge is 0.298 e. The molecule has 1 aromatic rings. The van der Waals surface area contributed by atoms with Gasteiger partial charge in [0.2, 0.25) is 0 Å². The second-order valence-corrected chi connectivity index (χ2v) is 7.24. The highest BCUT2D eigenvalue weighted by molar-refractivity contribution is 8.01. The summed E-state index contributed by atoms with van der Waals surface area (Å²) in [6, 6.07) is 0. The van der Waals surface area contributed by atoms with Gasteiger partial charge in [0.05, 0.1) is 12.2 Å². The predicted octanol–water partition coefficient (Wildman–Crippen LogP) is 3.09. The van der Waals surface area contributed by atoms with Gasteiger partial charge in [0.1, 0.15) is 10.8 Å². The quantitative estimate of drug-likeness (QED) is 0.814. The third-order valence-electron chi connectivity index (χ3n) is 1.68. The summed E-state index contributed by atoms with van der Waals surface area (Å²) in [7, 11) is 0. The Labute approximate surface area is 99.5 Å². The van der Waals surface area contributed by atoms with E-state index in [-0.39, 0.29) is 10.5 Å². The van der Waals surface area contributed by atoms with Gasteiger partial charge < -0.3 is 0 Å².